The molecule has 1 aromatic heterocycles. The molecule has 0 spiro atoms. The third-order valence-electron chi connectivity index (χ3n) is 4.71. The van der Waals surface area contributed by atoms with Crippen molar-refractivity contribution in [3.8, 4) is 5.69 Å². The number of benzene rings is 1. The second-order valence-corrected chi connectivity index (χ2v) is 8.20. The number of methoxy groups -OCH3 is 1. The Morgan fingerprint density at radius 1 is 1.24 bits per heavy atom. The molecule has 2 heterocycles. The molecule has 2 aromatic rings. The molecule has 0 bridgehead atoms. The summed E-state index contributed by atoms with van der Waals surface area (Å²) >= 11 is 7.05. The molecule has 1 aliphatic heterocycles. The van der Waals surface area contributed by atoms with Gasteiger partial charge >= 0.3 is 17.8 Å². The maximum Gasteiger partial charge on any atom is 0.431 e. The first kappa shape index (κ1) is 25.5. The number of ether oxygens (including phenoxy) is 1. The Balaban J connectivity index is 2.10. The molecule has 0 saturated carbocycles. The SMILES string of the molecule is COC(=O)CCN1C(=O)CSC1=Nc1cc(-n2c(=O)cc(C(F)(F)F)n(C)c2=O)c(F)cc1Cl. The Hall–Kier alpha value is -3.13. The minimum Gasteiger partial charge on any atom is -0.469 e. The number of carbonyl (C=O) groups is 2. The fourth-order valence-corrected chi connectivity index (χ4v) is 4.13. The van der Waals surface area contributed by atoms with Crippen molar-refractivity contribution in [2.75, 3.05) is 19.4 Å². The fourth-order valence-electron chi connectivity index (χ4n) is 3.01. The molecule has 1 aromatic carbocycles. The first-order valence-corrected chi connectivity index (χ1v) is 10.7. The lowest BCUT2D eigenvalue weighted by atomic mass is 10.2. The lowest BCUT2D eigenvalue weighted by Gasteiger charge is -2.16. The maximum atomic E-state index is 14.7. The van der Waals surface area contributed by atoms with Crippen LogP contribution in [0.4, 0.5) is 23.2 Å². The summed E-state index contributed by atoms with van der Waals surface area (Å²) in [6.07, 6.45) is -5.11. The Morgan fingerprint density at radius 3 is 2.53 bits per heavy atom. The highest BCUT2D eigenvalue weighted by molar-refractivity contribution is 8.15. The van der Waals surface area contributed by atoms with Crippen molar-refractivity contribution < 1.29 is 31.9 Å². The minimum absolute atomic E-state index is 0.00455. The number of esters is 1. The molecular weight excluding hydrogens is 508 g/mol. The van der Waals surface area contributed by atoms with Gasteiger partial charge in [-0.1, -0.05) is 23.4 Å². The number of nitrogens with zero attached hydrogens (tertiary/aromatic N) is 4. The first-order valence-electron chi connectivity index (χ1n) is 9.33. The molecule has 15 heteroatoms. The van der Waals surface area contributed by atoms with Crippen LogP contribution in [0.3, 0.4) is 0 Å². The summed E-state index contributed by atoms with van der Waals surface area (Å²) in [5.41, 5.74) is -5.20. The van der Waals surface area contributed by atoms with Crippen molar-refractivity contribution in [2.24, 2.45) is 12.0 Å². The molecule has 1 aliphatic rings. The van der Waals surface area contributed by atoms with E-state index in [1.54, 1.807) is 0 Å². The van der Waals surface area contributed by atoms with Gasteiger partial charge in [-0.15, -0.1) is 0 Å². The monoisotopic (exact) mass is 522 g/mol. The average Bonchev–Trinajstić information content (AvgIpc) is 3.10. The van der Waals surface area contributed by atoms with Crippen LogP contribution >= 0.6 is 23.4 Å². The van der Waals surface area contributed by atoms with Crippen LogP contribution in [0.2, 0.25) is 5.02 Å². The van der Waals surface area contributed by atoms with Crippen LogP contribution in [0.25, 0.3) is 5.69 Å². The van der Waals surface area contributed by atoms with E-state index < -0.39 is 40.6 Å². The van der Waals surface area contributed by atoms with Gasteiger partial charge in [-0.3, -0.25) is 23.9 Å². The quantitative estimate of drug-likeness (QED) is 0.441. The van der Waals surface area contributed by atoms with Crippen LogP contribution in [0.5, 0.6) is 0 Å². The third kappa shape index (κ3) is 5.01. The van der Waals surface area contributed by atoms with E-state index >= 15 is 0 Å². The van der Waals surface area contributed by atoms with Gasteiger partial charge in [0.2, 0.25) is 5.91 Å². The van der Waals surface area contributed by atoms with Crippen LogP contribution in [0.1, 0.15) is 12.1 Å². The van der Waals surface area contributed by atoms with Crippen molar-refractivity contribution in [3.63, 3.8) is 0 Å². The van der Waals surface area contributed by atoms with Gasteiger partial charge in [0.25, 0.3) is 5.56 Å². The summed E-state index contributed by atoms with van der Waals surface area (Å²) in [5, 5.41) is -0.139. The molecule has 0 radical (unpaired) electrons. The summed E-state index contributed by atoms with van der Waals surface area (Å²) < 4.78 is 58.8. The van der Waals surface area contributed by atoms with Gasteiger partial charge < -0.3 is 4.74 Å². The van der Waals surface area contributed by atoms with E-state index in [-0.39, 0.29) is 55.7 Å². The normalized spacial score (nSPS) is 15.3. The standard InChI is InChI=1S/C19H15ClF4N4O5S/c1-26-13(19(22,23)24)7-14(29)28(18(26)32)12-6-11(9(20)5-10(12)21)25-17-27(15(30)8-34-17)4-3-16(31)33-2/h5-7H,3-4,8H2,1-2H3. The number of amidine groups is 1. The van der Waals surface area contributed by atoms with Gasteiger partial charge in [0.15, 0.2) is 5.17 Å². The van der Waals surface area contributed by atoms with Crippen LogP contribution in [-0.4, -0.2) is 50.5 Å². The van der Waals surface area contributed by atoms with Crippen LogP contribution in [-0.2, 0) is 27.5 Å². The number of carbonyl (C=O) groups excluding carboxylic acids is 2. The highest BCUT2D eigenvalue weighted by Crippen LogP contribution is 2.33. The first-order chi connectivity index (χ1) is 15.8. The van der Waals surface area contributed by atoms with E-state index in [9.17, 15) is 36.7 Å². The van der Waals surface area contributed by atoms with E-state index in [2.05, 4.69) is 9.73 Å². The van der Waals surface area contributed by atoms with E-state index in [4.69, 9.17) is 11.6 Å². The molecule has 182 valence electrons. The number of alkyl halides is 3. The summed E-state index contributed by atoms with van der Waals surface area (Å²) in [6, 6.07) is 1.81. The van der Waals surface area contributed by atoms with E-state index in [0.29, 0.717) is 0 Å². The van der Waals surface area contributed by atoms with Crippen molar-refractivity contribution in [1.29, 1.82) is 0 Å². The Labute approximate surface area is 197 Å². The second kappa shape index (κ2) is 9.62. The molecule has 0 N–H and O–H groups in total. The molecule has 34 heavy (non-hydrogen) atoms. The largest absolute Gasteiger partial charge is 0.469 e. The number of thioether (sulfide) groups is 1. The smallest absolute Gasteiger partial charge is 0.431 e. The Bertz CT molecular complexity index is 1320. The molecule has 9 nitrogen and oxygen atoms in total. The fraction of sp³-hybridized carbons (Fsp3) is 0.316. The van der Waals surface area contributed by atoms with Gasteiger partial charge in [0, 0.05) is 19.7 Å². The number of rotatable bonds is 5. The zero-order chi connectivity index (χ0) is 25.4. The molecular formula is C19H15ClF4N4O5S. The van der Waals surface area contributed by atoms with Crippen molar-refractivity contribution in [1.82, 2.24) is 14.0 Å². The predicted octanol–water partition coefficient (Wildman–Crippen LogP) is 2.47. The highest BCUT2D eigenvalue weighted by atomic mass is 35.5. The Morgan fingerprint density at radius 2 is 1.91 bits per heavy atom. The van der Waals surface area contributed by atoms with Crippen molar-refractivity contribution in [3.05, 3.63) is 55.6 Å². The van der Waals surface area contributed by atoms with Crippen molar-refractivity contribution >= 4 is 46.1 Å². The molecule has 1 saturated heterocycles. The topological polar surface area (TPSA) is 103 Å². The van der Waals surface area contributed by atoms with Crippen LogP contribution < -0.4 is 11.2 Å². The second-order valence-electron chi connectivity index (χ2n) is 6.85. The Kier molecular flexibility index (Phi) is 7.21. The van der Waals surface area contributed by atoms with Crippen LogP contribution in [0.15, 0.2) is 32.8 Å². The molecule has 0 atom stereocenters. The number of aromatic nitrogens is 2. The lowest BCUT2D eigenvalue weighted by Crippen LogP contribution is -2.41. The highest BCUT2D eigenvalue weighted by Gasteiger charge is 2.35. The number of hydrogen-bond donors (Lipinski definition) is 0. The number of aliphatic imine (C=N–C) groups is 1. The number of halogens is 5. The van der Waals surface area contributed by atoms with Crippen LogP contribution in [0, 0.1) is 5.82 Å². The molecule has 0 aliphatic carbocycles. The zero-order valence-electron chi connectivity index (χ0n) is 17.5. The molecule has 1 fully saturated rings. The molecule has 0 unspecified atom stereocenters. The summed E-state index contributed by atoms with van der Waals surface area (Å²) in [4.78, 5) is 53.8. The van der Waals surface area contributed by atoms with E-state index in [1.807, 2.05) is 0 Å². The maximum absolute atomic E-state index is 14.7. The molecule has 1 amide bonds. The van der Waals surface area contributed by atoms with E-state index in [1.165, 1.54) is 12.0 Å². The van der Waals surface area contributed by atoms with Crippen molar-refractivity contribution in [2.45, 2.75) is 12.6 Å². The van der Waals surface area contributed by atoms with Gasteiger partial charge in [-0.05, 0) is 12.1 Å². The van der Waals surface area contributed by atoms with E-state index in [0.717, 1.165) is 30.9 Å². The minimum atomic E-state index is -4.98. The average molecular weight is 523 g/mol. The third-order valence-corrected chi connectivity index (χ3v) is 5.97. The summed E-state index contributed by atoms with van der Waals surface area (Å²) in [7, 11) is 1.97. The van der Waals surface area contributed by atoms with Gasteiger partial charge in [0.05, 0.1) is 35.7 Å². The zero-order valence-corrected chi connectivity index (χ0v) is 19.1. The summed E-state index contributed by atoms with van der Waals surface area (Å²) in [5.74, 6) is -2.09. The van der Waals surface area contributed by atoms with Gasteiger partial charge in [-0.2, -0.15) is 13.2 Å². The predicted molar refractivity (Wildman–Crippen MR) is 115 cm³/mol. The number of amides is 1. The molecule has 3 rings (SSSR count). The van der Waals surface area contributed by atoms with Gasteiger partial charge in [-0.25, -0.2) is 18.7 Å². The summed E-state index contributed by atoms with van der Waals surface area (Å²) in [6.45, 7) is -0.0537. The lowest BCUT2D eigenvalue weighted by molar-refractivity contribution is -0.144. The van der Waals surface area contributed by atoms with Gasteiger partial charge in [0.1, 0.15) is 11.5 Å². The number of hydrogen-bond acceptors (Lipinski definition) is 7.